The Kier molecular flexibility index (Phi) is 6.87. The molecule has 6 heteroatoms. The number of rotatable bonds is 7. The number of nitrogens with one attached hydrogen (secondary N) is 1. The van der Waals surface area contributed by atoms with Gasteiger partial charge in [-0.2, -0.15) is 0 Å². The van der Waals surface area contributed by atoms with E-state index >= 15 is 0 Å². The average Bonchev–Trinajstić information content (AvgIpc) is 2.74. The number of halogens is 1. The van der Waals surface area contributed by atoms with Gasteiger partial charge in [-0.05, 0) is 37.3 Å². The standard InChI is InChI=1S/C23H20ClNO4/c1-16(22(26)25-21-14-8-7-13-20(21)24)29-23(27)19-12-6-5-9-17(19)15-28-18-10-3-2-4-11-18/h2-14,16H,15H2,1H3,(H,25,26). The molecular weight excluding hydrogens is 390 g/mol. The van der Waals surface area contributed by atoms with Crippen LogP contribution in [0, 0.1) is 0 Å². The molecule has 0 fully saturated rings. The van der Waals surface area contributed by atoms with Crippen LogP contribution >= 0.6 is 11.6 Å². The van der Waals surface area contributed by atoms with E-state index < -0.39 is 18.0 Å². The Balaban J connectivity index is 1.64. The van der Waals surface area contributed by atoms with E-state index in [1.807, 2.05) is 36.4 Å². The van der Waals surface area contributed by atoms with Crippen molar-refractivity contribution in [3.63, 3.8) is 0 Å². The lowest BCUT2D eigenvalue weighted by atomic mass is 10.1. The molecular formula is C23H20ClNO4. The van der Waals surface area contributed by atoms with Gasteiger partial charge in [0.1, 0.15) is 12.4 Å². The second kappa shape index (κ2) is 9.75. The Morgan fingerprint density at radius 2 is 1.59 bits per heavy atom. The quantitative estimate of drug-likeness (QED) is 0.551. The largest absolute Gasteiger partial charge is 0.489 e. The van der Waals surface area contributed by atoms with E-state index in [4.69, 9.17) is 21.1 Å². The molecule has 0 heterocycles. The molecule has 0 aliphatic rings. The van der Waals surface area contributed by atoms with Gasteiger partial charge in [0.05, 0.1) is 16.3 Å². The van der Waals surface area contributed by atoms with Gasteiger partial charge in [0.25, 0.3) is 5.91 Å². The molecule has 0 aliphatic carbocycles. The first-order valence-corrected chi connectivity index (χ1v) is 9.44. The van der Waals surface area contributed by atoms with Gasteiger partial charge in [0, 0.05) is 5.56 Å². The molecule has 1 N–H and O–H groups in total. The van der Waals surface area contributed by atoms with E-state index in [-0.39, 0.29) is 6.61 Å². The monoisotopic (exact) mass is 409 g/mol. The van der Waals surface area contributed by atoms with Crippen LogP contribution in [-0.2, 0) is 16.1 Å². The third-order valence-electron chi connectivity index (χ3n) is 4.16. The second-order valence-electron chi connectivity index (χ2n) is 6.28. The predicted octanol–water partition coefficient (Wildman–Crippen LogP) is 5.10. The second-order valence-corrected chi connectivity index (χ2v) is 6.68. The van der Waals surface area contributed by atoms with Gasteiger partial charge in [-0.15, -0.1) is 0 Å². The molecule has 0 aromatic heterocycles. The molecule has 0 saturated heterocycles. The molecule has 1 amide bonds. The van der Waals surface area contributed by atoms with Crippen molar-refractivity contribution in [3.05, 3.63) is 95.0 Å². The summed E-state index contributed by atoms with van der Waals surface area (Å²) in [4.78, 5) is 25.0. The Morgan fingerprint density at radius 1 is 0.931 bits per heavy atom. The van der Waals surface area contributed by atoms with Crippen LogP contribution in [-0.4, -0.2) is 18.0 Å². The Bertz CT molecular complexity index is 991. The molecule has 1 unspecified atom stereocenters. The van der Waals surface area contributed by atoms with Crippen LogP contribution in [0.25, 0.3) is 0 Å². The molecule has 0 radical (unpaired) electrons. The number of anilines is 1. The fourth-order valence-electron chi connectivity index (χ4n) is 2.60. The van der Waals surface area contributed by atoms with E-state index in [0.717, 1.165) is 0 Å². The molecule has 0 spiro atoms. The number of ether oxygens (including phenoxy) is 2. The lowest BCUT2D eigenvalue weighted by Gasteiger charge is -2.16. The summed E-state index contributed by atoms with van der Waals surface area (Å²) in [6.45, 7) is 1.71. The predicted molar refractivity (Wildman–Crippen MR) is 112 cm³/mol. The lowest BCUT2D eigenvalue weighted by Crippen LogP contribution is -2.30. The van der Waals surface area contributed by atoms with Crippen LogP contribution in [0.15, 0.2) is 78.9 Å². The Morgan fingerprint density at radius 3 is 2.34 bits per heavy atom. The molecule has 0 bridgehead atoms. The van der Waals surface area contributed by atoms with E-state index in [2.05, 4.69) is 5.32 Å². The summed E-state index contributed by atoms with van der Waals surface area (Å²) in [7, 11) is 0. The van der Waals surface area contributed by atoms with Crippen molar-refractivity contribution in [3.8, 4) is 5.75 Å². The fourth-order valence-corrected chi connectivity index (χ4v) is 2.78. The summed E-state index contributed by atoms with van der Waals surface area (Å²) in [6, 6.07) is 23.1. The number of carbonyl (C=O) groups excluding carboxylic acids is 2. The zero-order valence-corrected chi connectivity index (χ0v) is 16.6. The minimum absolute atomic E-state index is 0.204. The summed E-state index contributed by atoms with van der Waals surface area (Å²) in [5.41, 5.74) is 1.47. The van der Waals surface area contributed by atoms with E-state index in [0.29, 0.717) is 27.6 Å². The summed E-state index contributed by atoms with van der Waals surface area (Å²) in [5.74, 6) is -0.369. The minimum atomic E-state index is -0.998. The molecule has 148 valence electrons. The van der Waals surface area contributed by atoms with Crippen molar-refractivity contribution in [1.82, 2.24) is 0 Å². The van der Waals surface area contributed by atoms with Crippen LogP contribution in [0.1, 0.15) is 22.8 Å². The maximum absolute atomic E-state index is 12.6. The molecule has 5 nitrogen and oxygen atoms in total. The number of amides is 1. The van der Waals surface area contributed by atoms with Gasteiger partial charge in [0.15, 0.2) is 6.10 Å². The van der Waals surface area contributed by atoms with Crippen molar-refractivity contribution in [2.24, 2.45) is 0 Å². The topological polar surface area (TPSA) is 64.6 Å². The average molecular weight is 410 g/mol. The molecule has 3 aromatic rings. The van der Waals surface area contributed by atoms with Gasteiger partial charge in [0.2, 0.25) is 0 Å². The van der Waals surface area contributed by atoms with Crippen molar-refractivity contribution in [2.75, 3.05) is 5.32 Å². The highest BCUT2D eigenvalue weighted by Crippen LogP contribution is 2.21. The Hall–Kier alpha value is -3.31. The third kappa shape index (κ3) is 5.59. The zero-order chi connectivity index (χ0) is 20.6. The maximum atomic E-state index is 12.6. The fraction of sp³-hybridized carbons (Fsp3) is 0.130. The van der Waals surface area contributed by atoms with E-state index in [1.54, 1.807) is 42.5 Å². The van der Waals surface area contributed by atoms with Gasteiger partial charge in [-0.25, -0.2) is 4.79 Å². The molecule has 0 saturated carbocycles. The smallest absolute Gasteiger partial charge is 0.339 e. The van der Waals surface area contributed by atoms with Crippen molar-refractivity contribution in [1.29, 1.82) is 0 Å². The summed E-state index contributed by atoms with van der Waals surface area (Å²) in [6.07, 6.45) is -0.998. The summed E-state index contributed by atoms with van der Waals surface area (Å²) in [5, 5.41) is 3.06. The molecule has 1 atom stereocenters. The number of hydrogen-bond acceptors (Lipinski definition) is 4. The van der Waals surface area contributed by atoms with Crippen molar-refractivity contribution in [2.45, 2.75) is 19.6 Å². The van der Waals surface area contributed by atoms with Crippen LogP contribution < -0.4 is 10.1 Å². The highest BCUT2D eigenvalue weighted by molar-refractivity contribution is 6.33. The lowest BCUT2D eigenvalue weighted by molar-refractivity contribution is -0.123. The third-order valence-corrected chi connectivity index (χ3v) is 4.49. The number of carbonyl (C=O) groups is 2. The van der Waals surface area contributed by atoms with Crippen LogP contribution in [0.3, 0.4) is 0 Å². The summed E-state index contributed by atoms with van der Waals surface area (Å²) < 4.78 is 11.1. The van der Waals surface area contributed by atoms with Crippen LogP contribution in [0.5, 0.6) is 5.75 Å². The number of para-hydroxylation sites is 2. The van der Waals surface area contributed by atoms with E-state index in [1.165, 1.54) is 6.92 Å². The summed E-state index contributed by atoms with van der Waals surface area (Å²) >= 11 is 6.04. The first-order valence-electron chi connectivity index (χ1n) is 9.06. The molecule has 29 heavy (non-hydrogen) atoms. The number of hydrogen-bond donors (Lipinski definition) is 1. The van der Waals surface area contributed by atoms with Crippen molar-refractivity contribution < 1.29 is 19.1 Å². The van der Waals surface area contributed by atoms with Gasteiger partial charge >= 0.3 is 5.97 Å². The highest BCUT2D eigenvalue weighted by atomic mass is 35.5. The van der Waals surface area contributed by atoms with Crippen molar-refractivity contribution >= 4 is 29.2 Å². The molecule has 3 aromatic carbocycles. The van der Waals surface area contributed by atoms with Gasteiger partial charge < -0.3 is 14.8 Å². The number of esters is 1. The van der Waals surface area contributed by atoms with Gasteiger partial charge in [-0.1, -0.05) is 60.1 Å². The first-order chi connectivity index (χ1) is 14.0. The number of benzene rings is 3. The zero-order valence-electron chi connectivity index (χ0n) is 15.8. The van der Waals surface area contributed by atoms with Gasteiger partial charge in [-0.3, -0.25) is 4.79 Å². The van der Waals surface area contributed by atoms with Crippen LogP contribution in [0.2, 0.25) is 5.02 Å². The minimum Gasteiger partial charge on any atom is -0.489 e. The van der Waals surface area contributed by atoms with E-state index in [9.17, 15) is 9.59 Å². The van der Waals surface area contributed by atoms with Crippen LogP contribution in [0.4, 0.5) is 5.69 Å². The maximum Gasteiger partial charge on any atom is 0.339 e. The SMILES string of the molecule is CC(OC(=O)c1ccccc1COc1ccccc1)C(=O)Nc1ccccc1Cl. The highest BCUT2D eigenvalue weighted by Gasteiger charge is 2.21. The normalized spacial score (nSPS) is 11.4. The molecule has 3 rings (SSSR count). The Labute approximate surface area is 174 Å². The first kappa shape index (κ1) is 20.4. The molecule has 0 aliphatic heterocycles.